The van der Waals surface area contributed by atoms with Crippen LogP contribution in [0.3, 0.4) is 0 Å². The highest BCUT2D eigenvalue weighted by molar-refractivity contribution is 5.47. The smallest absolute Gasteiger partial charge is 0.0642 e. The van der Waals surface area contributed by atoms with Crippen molar-refractivity contribution in [1.82, 2.24) is 0 Å². The fraction of sp³-hybridized carbons (Fsp3) is 0.250. The largest absolute Gasteiger partial charge is 0.318 e. The van der Waals surface area contributed by atoms with Crippen molar-refractivity contribution in [3.05, 3.63) is 70.8 Å². The van der Waals surface area contributed by atoms with Gasteiger partial charge in [0.25, 0.3) is 0 Å². The summed E-state index contributed by atoms with van der Waals surface area (Å²) in [5.41, 5.74) is 11.5. The van der Waals surface area contributed by atoms with Crippen LogP contribution >= 0.6 is 0 Å². The molecule has 1 aliphatic rings. The van der Waals surface area contributed by atoms with Gasteiger partial charge in [0.2, 0.25) is 0 Å². The Bertz CT molecular complexity index is 505. The van der Waals surface area contributed by atoms with E-state index < -0.39 is 0 Å². The number of nitrogens with two attached hydrogens (primary N) is 1. The lowest BCUT2D eigenvalue weighted by Gasteiger charge is -2.27. The Morgan fingerprint density at radius 1 is 0.824 bits per heavy atom. The second kappa shape index (κ2) is 3.71. The van der Waals surface area contributed by atoms with Gasteiger partial charge in [-0.05, 0) is 42.0 Å². The van der Waals surface area contributed by atoms with Crippen molar-refractivity contribution in [3.63, 3.8) is 0 Å². The molecule has 1 aliphatic carbocycles. The van der Waals surface area contributed by atoms with Crippen LogP contribution in [0.1, 0.15) is 29.2 Å². The van der Waals surface area contributed by atoms with E-state index in [-0.39, 0.29) is 5.54 Å². The van der Waals surface area contributed by atoms with Gasteiger partial charge in [-0.25, -0.2) is 0 Å². The molecule has 0 atom stereocenters. The summed E-state index contributed by atoms with van der Waals surface area (Å²) >= 11 is 0. The summed E-state index contributed by atoms with van der Waals surface area (Å²) in [6, 6.07) is 17.1. The third kappa shape index (κ3) is 1.58. The van der Waals surface area contributed by atoms with Crippen molar-refractivity contribution in [3.8, 4) is 0 Å². The molecule has 0 saturated heterocycles. The van der Waals surface area contributed by atoms with E-state index in [1.165, 1.54) is 22.3 Å². The van der Waals surface area contributed by atoms with Gasteiger partial charge in [-0.2, -0.15) is 0 Å². The molecule has 1 nitrogen and oxygen atoms in total. The Balaban J connectivity index is 2.27. The van der Waals surface area contributed by atoms with E-state index in [1.54, 1.807) is 0 Å². The summed E-state index contributed by atoms with van der Waals surface area (Å²) in [5, 5.41) is 0. The molecule has 86 valence electrons. The fourth-order valence-corrected chi connectivity index (χ4v) is 2.90. The first-order valence-corrected chi connectivity index (χ1v) is 6.15. The molecule has 0 bridgehead atoms. The first-order chi connectivity index (χ1) is 8.19. The van der Waals surface area contributed by atoms with Gasteiger partial charge >= 0.3 is 0 Å². The molecule has 0 amide bonds. The molecule has 0 saturated carbocycles. The number of fused-ring (bicyclic) bond motifs is 2. The Kier molecular flexibility index (Phi) is 2.30. The van der Waals surface area contributed by atoms with Crippen molar-refractivity contribution in [1.29, 1.82) is 0 Å². The van der Waals surface area contributed by atoms with E-state index in [1.807, 2.05) is 0 Å². The zero-order valence-corrected chi connectivity index (χ0v) is 10.1. The predicted octanol–water partition coefficient (Wildman–Crippen LogP) is 3.01. The van der Waals surface area contributed by atoms with Gasteiger partial charge in [0.1, 0.15) is 0 Å². The molecule has 0 heterocycles. The van der Waals surface area contributed by atoms with E-state index in [2.05, 4.69) is 55.5 Å². The van der Waals surface area contributed by atoms with E-state index in [9.17, 15) is 0 Å². The number of aryl methyl sites for hydroxylation is 2. The van der Waals surface area contributed by atoms with Gasteiger partial charge in [0, 0.05) is 0 Å². The molecule has 0 fully saturated rings. The number of benzene rings is 2. The van der Waals surface area contributed by atoms with E-state index in [4.69, 9.17) is 5.73 Å². The Morgan fingerprint density at radius 2 is 1.24 bits per heavy atom. The molecular weight excluding hydrogens is 206 g/mol. The molecule has 2 N–H and O–H groups in total. The van der Waals surface area contributed by atoms with Crippen LogP contribution in [0.2, 0.25) is 0 Å². The Morgan fingerprint density at radius 3 is 1.71 bits per heavy atom. The van der Waals surface area contributed by atoms with Gasteiger partial charge in [-0.15, -0.1) is 0 Å². The molecule has 0 aliphatic heterocycles. The highest BCUT2D eigenvalue weighted by atomic mass is 14.7. The van der Waals surface area contributed by atoms with Crippen LogP contribution < -0.4 is 5.73 Å². The quantitative estimate of drug-likeness (QED) is 0.730. The lowest BCUT2D eigenvalue weighted by molar-refractivity contribution is 0.599. The summed E-state index contributed by atoms with van der Waals surface area (Å²) in [4.78, 5) is 0. The minimum atomic E-state index is -0.371. The van der Waals surface area contributed by atoms with Crippen LogP contribution in [0.15, 0.2) is 48.5 Å². The minimum Gasteiger partial charge on any atom is -0.318 e. The molecule has 0 unspecified atom stereocenters. The highest BCUT2D eigenvalue weighted by Gasteiger charge is 2.30. The van der Waals surface area contributed by atoms with Crippen LogP contribution in [0.4, 0.5) is 0 Å². The van der Waals surface area contributed by atoms with E-state index in [0.29, 0.717) is 0 Å². The van der Waals surface area contributed by atoms with Crippen LogP contribution in [0.25, 0.3) is 0 Å². The zero-order valence-electron chi connectivity index (χ0n) is 10.1. The maximum Gasteiger partial charge on any atom is 0.0642 e. The van der Waals surface area contributed by atoms with Crippen LogP contribution in [0.5, 0.6) is 0 Å². The van der Waals surface area contributed by atoms with Crippen LogP contribution in [-0.4, -0.2) is 0 Å². The third-order valence-electron chi connectivity index (χ3n) is 3.82. The zero-order chi connectivity index (χ0) is 11.9. The lowest BCUT2D eigenvalue weighted by Crippen LogP contribution is -2.35. The number of hydrogen-bond donors (Lipinski definition) is 1. The van der Waals surface area contributed by atoms with E-state index in [0.717, 1.165) is 12.8 Å². The lowest BCUT2D eigenvalue weighted by atomic mass is 9.83. The minimum absolute atomic E-state index is 0.371. The van der Waals surface area contributed by atoms with Crippen LogP contribution in [0, 0.1) is 0 Å². The molecule has 3 rings (SSSR count). The van der Waals surface area contributed by atoms with Crippen LogP contribution in [-0.2, 0) is 18.4 Å². The molecule has 0 radical (unpaired) electrons. The molecule has 0 aromatic heterocycles. The number of rotatable bonds is 0. The summed E-state index contributed by atoms with van der Waals surface area (Å²) in [6.45, 7) is 2.12. The summed E-state index contributed by atoms with van der Waals surface area (Å²) in [6.07, 6.45) is 2.17. The molecule has 1 heteroatoms. The standard InChI is InChI=1S/C16H17N/c1-16(17)14-8-4-2-6-12(14)10-11-13-7-3-5-9-15(13)16/h2-9H,10-11,17H2,1H3. The van der Waals surface area contributed by atoms with Gasteiger partial charge in [0.15, 0.2) is 0 Å². The maximum atomic E-state index is 6.60. The normalized spacial score (nSPS) is 16.8. The fourth-order valence-electron chi connectivity index (χ4n) is 2.90. The molecule has 0 spiro atoms. The van der Waals surface area contributed by atoms with Gasteiger partial charge < -0.3 is 5.73 Å². The molecule has 2 aromatic rings. The first kappa shape index (κ1) is 10.5. The molecule has 17 heavy (non-hydrogen) atoms. The van der Waals surface area contributed by atoms with Crippen molar-refractivity contribution >= 4 is 0 Å². The van der Waals surface area contributed by atoms with Crippen molar-refractivity contribution in [2.24, 2.45) is 5.73 Å². The molecule has 2 aromatic carbocycles. The number of hydrogen-bond acceptors (Lipinski definition) is 1. The van der Waals surface area contributed by atoms with Gasteiger partial charge in [-0.3, -0.25) is 0 Å². The predicted molar refractivity (Wildman–Crippen MR) is 70.9 cm³/mol. The SMILES string of the molecule is CC1(N)c2ccccc2CCc2ccccc21. The summed E-state index contributed by atoms with van der Waals surface area (Å²) < 4.78 is 0. The van der Waals surface area contributed by atoms with Crippen molar-refractivity contribution < 1.29 is 0 Å². The third-order valence-corrected chi connectivity index (χ3v) is 3.82. The van der Waals surface area contributed by atoms with Crippen molar-refractivity contribution in [2.75, 3.05) is 0 Å². The Hall–Kier alpha value is -1.60. The molecular formula is C16H17N. The highest BCUT2D eigenvalue weighted by Crippen LogP contribution is 2.35. The van der Waals surface area contributed by atoms with Crippen molar-refractivity contribution in [2.45, 2.75) is 25.3 Å². The average molecular weight is 223 g/mol. The van der Waals surface area contributed by atoms with Gasteiger partial charge in [-0.1, -0.05) is 48.5 Å². The van der Waals surface area contributed by atoms with Gasteiger partial charge in [0.05, 0.1) is 5.54 Å². The Labute approximate surface area is 102 Å². The maximum absolute atomic E-state index is 6.60. The summed E-state index contributed by atoms with van der Waals surface area (Å²) in [5.74, 6) is 0. The average Bonchev–Trinajstić information content (AvgIpc) is 2.47. The topological polar surface area (TPSA) is 26.0 Å². The van der Waals surface area contributed by atoms with E-state index >= 15 is 0 Å². The second-order valence-corrected chi connectivity index (χ2v) is 5.02. The monoisotopic (exact) mass is 223 g/mol. The summed E-state index contributed by atoms with van der Waals surface area (Å²) in [7, 11) is 0. The first-order valence-electron chi connectivity index (χ1n) is 6.15. The second-order valence-electron chi connectivity index (χ2n) is 5.02.